The molecule has 0 aromatic heterocycles. The zero-order chi connectivity index (χ0) is 23.0. The van der Waals surface area contributed by atoms with Crippen molar-refractivity contribution in [2.24, 2.45) is 5.41 Å². The second kappa shape index (κ2) is 8.90. The number of nitrogens with zero attached hydrogens (tertiary/aromatic N) is 2. The highest BCUT2D eigenvalue weighted by Crippen LogP contribution is 2.44. The molecule has 1 atom stereocenters. The fraction of sp³-hybridized carbons (Fsp3) is 0.481. The largest absolute Gasteiger partial charge is 0.355 e. The summed E-state index contributed by atoms with van der Waals surface area (Å²) < 4.78 is 13.7. The molecule has 0 saturated carbocycles. The highest BCUT2D eigenvalue weighted by atomic mass is 19.1. The molecule has 0 unspecified atom stereocenters. The zero-order valence-electron chi connectivity index (χ0n) is 19.3. The van der Waals surface area contributed by atoms with Crippen molar-refractivity contribution in [1.29, 1.82) is 0 Å². The SMILES string of the molecule is CNC(=O)c1ccc2c(c1)CCN(C(=O)CCC13CCN(CC1)CC3)[C@H]2c1ccc(F)cc1. The summed E-state index contributed by atoms with van der Waals surface area (Å²) in [6.45, 7) is 4.09. The van der Waals surface area contributed by atoms with Crippen LogP contribution in [0.4, 0.5) is 4.39 Å². The summed E-state index contributed by atoms with van der Waals surface area (Å²) in [5.41, 5.74) is 3.95. The first-order valence-electron chi connectivity index (χ1n) is 12.1. The lowest BCUT2D eigenvalue weighted by atomic mass is 9.69. The molecule has 3 fully saturated rings. The van der Waals surface area contributed by atoms with Crippen molar-refractivity contribution in [1.82, 2.24) is 15.1 Å². The lowest BCUT2D eigenvalue weighted by Gasteiger charge is -2.49. The summed E-state index contributed by atoms with van der Waals surface area (Å²) in [4.78, 5) is 30.2. The van der Waals surface area contributed by atoms with E-state index in [-0.39, 0.29) is 23.7 Å². The maximum absolute atomic E-state index is 13.7. The van der Waals surface area contributed by atoms with E-state index in [0.717, 1.165) is 42.7 Å². The Hall–Kier alpha value is -2.73. The third-order valence-electron chi connectivity index (χ3n) is 8.11. The van der Waals surface area contributed by atoms with E-state index in [1.54, 1.807) is 19.2 Å². The maximum atomic E-state index is 13.7. The van der Waals surface area contributed by atoms with Gasteiger partial charge in [-0.15, -0.1) is 0 Å². The van der Waals surface area contributed by atoms with Gasteiger partial charge in [0, 0.05) is 25.6 Å². The number of hydrogen-bond donors (Lipinski definition) is 1. The van der Waals surface area contributed by atoms with Gasteiger partial charge in [0.1, 0.15) is 5.82 Å². The molecule has 174 valence electrons. The number of rotatable bonds is 5. The zero-order valence-corrected chi connectivity index (χ0v) is 19.3. The van der Waals surface area contributed by atoms with Crippen LogP contribution in [0.3, 0.4) is 0 Å². The Morgan fingerprint density at radius 1 is 1.03 bits per heavy atom. The first-order valence-corrected chi connectivity index (χ1v) is 12.1. The number of carbonyl (C=O) groups excluding carboxylic acids is 2. The highest BCUT2D eigenvalue weighted by Gasteiger charge is 2.40. The molecule has 5 nitrogen and oxygen atoms in total. The molecule has 2 amide bonds. The number of benzene rings is 2. The Bertz CT molecular complexity index is 1030. The van der Waals surface area contributed by atoms with Crippen LogP contribution in [0, 0.1) is 11.2 Å². The molecule has 3 saturated heterocycles. The summed E-state index contributed by atoms with van der Waals surface area (Å²) in [7, 11) is 1.62. The fourth-order valence-corrected chi connectivity index (χ4v) is 5.97. The van der Waals surface area contributed by atoms with Crippen LogP contribution in [0.15, 0.2) is 42.5 Å². The van der Waals surface area contributed by atoms with Crippen molar-refractivity contribution < 1.29 is 14.0 Å². The molecule has 2 aromatic rings. The van der Waals surface area contributed by atoms with Crippen LogP contribution in [0.25, 0.3) is 0 Å². The van der Waals surface area contributed by atoms with Crippen LogP contribution < -0.4 is 5.32 Å². The summed E-state index contributed by atoms with van der Waals surface area (Å²) >= 11 is 0. The normalized spacial score (nSPS) is 26.1. The van der Waals surface area contributed by atoms with Gasteiger partial charge < -0.3 is 15.1 Å². The number of piperidine rings is 3. The average Bonchev–Trinajstić information content (AvgIpc) is 2.87. The van der Waals surface area contributed by atoms with E-state index in [2.05, 4.69) is 10.2 Å². The van der Waals surface area contributed by atoms with Crippen LogP contribution in [0.5, 0.6) is 0 Å². The first kappa shape index (κ1) is 22.1. The average molecular weight is 450 g/mol. The van der Waals surface area contributed by atoms with Gasteiger partial charge in [-0.25, -0.2) is 4.39 Å². The van der Waals surface area contributed by atoms with Crippen LogP contribution in [-0.4, -0.2) is 54.8 Å². The summed E-state index contributed by atoms with van der Waals surface area (Å²) in [5, 5.41) is 2.68. The Morgan fingerprint density at radius 3 is 2.39 bits per heavy atom. The van der Waals surface area contributed by atoms with E-state index >= 15 is 0 Å². The minimum atomic E-state index is -0.287. The van der Waals surface area contributed by atoms with Crippen LogP contribution in [0.2, 0.25) is 0 Å². The van der Waals surface area contributed by atoms with Gasteiger partial charge in [-0.3, -0.25) is 9.59 Å². The van der Waals surface area contributed by atoms with E-state index in [0.29, 0.717) is 30.4 Å². The number of halogens is 1. The van der Waals surface area contributed by atoms with Crippen molar-refractivity contribution in [2.45, 2.75) is 44.6 Å². The quantitative estimate of drug-likeness (QED) is 0.753. The van der Waals surface area contributed by atoms with Gasteiger partial charge in [0.2, 0.25) is 5.91 Å². The molecule has 1 N–H and O–H groups in total. The Labute approximate surface area is 195 Å². The van der Waals surface area contributed by atoms with Crippen molar-refractivity contribution in [2.75, 3.05) is 33.2 Å². The molecule has 4 aliphatic rings. The number of amides is 2. The molecule has 4 heterocycles. The van der Waals surface area contributed by atoms with E-state index in [1.807, 2.05) is 23.1 Å². The molecule has 2 bridgehead atoms. The van der Waals surface area contributed by atoms with E-state index < -0.39 is 0 Å². The Morgan fingerprint density at radius 2 is 1.73 bits per heavy atom. The molecule has 4 aliphatic heterocycles. The molecular formula is C27H32FN3O2. The monoisotopic (exact) mass is 449 g/mol. The van der Waals surface area contributed by atoms with Gasteiger partial charge in [-0.1, -0.05) is 18.2 Å². The smallest absolute Gasteiger partial charge is 0.251 e. The molecule has 33 heavy (non-hydrogen) atoms. The molecule has 6 heteroatoms. The minimum absolute atomic E-state index is 0.118. The number of nitrogens with one attached hydrogen (secondary N) is 1. The lowest BCUT2D eigenvalue weighted by Crippen LogP contribution is -2.48. The summed E-state index contributed by atoms with van der Waals surface area (Å²) in [6.07, 6.45) is 5.83. The molecule has 0 aliphatic carbocycles. The minimum Gasteiger partial charge on any atom is -0.355 e. The maximum Gasteiger partial charge on any atom is 0.251 e. The number of carbonyl (C=O) groups is 2. The van der Waals surface area contributed by atoms with Crippen LogP contribution in [-0.2, 0) is 11.2 Å². The van der Waals surface area contributed by atoms with Gasteiger partial charge in [0.15, 0.2) is 0 Å². The van der Waals surface area contributed by atoms with E-state index in [4.69, 9.17) is 0 Å². The number of hydrogen-bond acceptors (Lipinski definition) is 3. The Kier molecular flexibility index (Phi) is 5.95. The molecule has 6 rings (SSSR count). The van der Waals surface area contributed by atoms with Crippen LogP contribution >= 0.6 is 0 Å². The fourth-order valence-electron chi connectivity index (χ4n) is 5.97. The van der Waals surface area contributed by atoms with Gasteiger partial charge >= 0.3 is 0 Å². The van der Waals surface area contributed by atoms with Gasteiger partial charge in [-0.05, 0) is 98.1 Å². The van der Waals surface area contributed by atoms with Crippen LogP contribution in [0.1, 0.15) is 65.2 Å². The Balaban J connectivity index is 1.41. The summed E-state index contributed by atoms with van der Waals surface area (Å²) in [6, 6.07) is 11.9. The lowest BCUT2D eigenvalue weighted by molar-refractivity contribution is -0.134. The second-order valence-electron chi connectivity index (χ2n) is 9.88. The summed E-state index contributed by atoms with van der Waals surface area (Å²) in [5.74, 6) is -0.231. The molecular weight excluding hydrogens is 417 g/mol. The molecule has 0 spiro atoms. The van der Waals surface area contributed by atoms with E-state index in [1.165, 1.54) is 31.4 Å². The van der Waals surface area contributed by atoms with Gasteiger partial charge in [0.05, 0.1) is 6.04 Å². The van der Waals surface area contributed by atoms with Crippen molar-refractivity contribution in [3.63, 3.8) is 0 Å². The predicted molar refractivity (Wildman–Crippen MR) is 125 cm³/mol. The van der Waals surface area contributed by atoms with Crippen molar-refractivity contribution in [3.05, 3.63) is 70.5 Å². The second-order valence-corrected chi connectivity index (χ2v) is 9.88. The third kappa shape index (κ3) is 4.29. The standard InChI is InChI=1S/C27H32FN3O2/c1-29-26(33)21-4-7-23-20(18-21)9-14-31(25(23)19-2-5-22(28)6-3-19)24(32)8-10-27-11-15-30(16-12-27)17-13-27/h2-7,18,25H,8-17H2,1H3,(H,29,33)/t25-/m0/s1. The highest BCUT2D eigenvalue weighted by molar-refractivity contribution is 5.94. The molecule has 2 aromatic carbocycles. The topological polar surface area (TPSA) is 52.7 Å². The third-order valence-corrected chi connectivity index (χ3v) is 8.11. The molecule has 0 radical (unpaired) electrons. The first-order chi connectivity index (χ1) is 16.0. The number of fused-ring (bicyclic) bond motifs is 4. The van der Waals surface area contributed by atoms with Crippen molar-refractivity contribution >= 4 is 11.8 Å². The van der Waals surface area contributed by atoms with Crippen molar-refractivity contribution in [3.8, 4) is 0 Å². The van der Waals surface area contributed by atoms with Gasteiger partial charge in [-0.2, -0.15) is 0 Å². The van der Waals surface area contributed by atoms with Gasteiger partial charge in [0.25, 0.3) is 5.91 Å². The predicted octanol–water partition coefficient (Wildman–Crippen LogP) is 3.93. The van der Waals surface area contributed by atoms with E-state index in [9.17, 15) is 14.0 Å².